The summed E-state index contributed by atoms with van der Waals surface area (Å²) in [6.07, 6.45) is 4.76. The number of aryl methyl sites for hydroxylation is 1. The van der Waals surface area contributed by atoms with Gasteiger partial charge >= 0.3 is 0 Å². The minimum atomic E-state index is 0.241. The van der Waals surface area contributed by atoms with E-state index in [1.165, 1.54) is 0 Å². The van der Waals surface area contributed by atoms with Gasteiger partial charge in [-0.05, 0) is 31.8 Å². The van der Waals surface area contributed by atoms with Gasteiger partial charge in [0.2, 0.25) is 5.91 Å². The molecule has 2 aliphatic rings. The first-order chi connectivity index (χ1) is 13.5. The zero-order valence-electron chi connectivity index (χ0n) is 16.2. The maximum atomic E-state index is 12.2. The maximum Gasteiger partial charge on any atom is 0.225 e. The first-order valence-electron chi connectivity index (χ1n) is 9.86. The number of carbonyl (C=O) groups is 1. The van der Waals surface area contributed by atoms with Gasteiger partial charge in [0.05, 0.1) is 11.4 Å². The summed E-state index contributed by atoms with van der Waals surface area (Å²) in [6.45, 7) is 3.30. The number of carbonyl (C=O) groups excluding carboxylic acids is 1. The van der Waals surface area contributed by atoms with Crippen molar-refractivity contribution in [2.24, 2.45) is 5.92 Å². The highest BCUT2D eigenvalue weighted by Gasteiger charge is 2.34. The molecule has 142 valence electrons. The summed E-state index contributed by atoms with van der Waals surface area (Å²) in [5, 5.41) is 17.4. The quantitative estimate of drug-likeness (QED) is 0.754. The lowest BCUT2D eigenvalue weighted by molar-refractivity contribution is -0.132. The topological polar surface area (TPSA) is 68.0 Å². The molecular weight excluding hydrogens is 346 g/mol. The van der Waals surface area contributed by atoms with Gasteiger partial charge in [-0.25, -0.2) is 0 Å². The van der Waals surface area contributed by atoms with Crippen molar-refractivity contribution in [1.82, 2.24) is 4.90 Å². The Labute approximate surface area is 165 Å². The largest absolute Gasteiger partial charge is 0.338 e. The fourth-order valence-electron chi connectivity index (χ4n) is 3.65. The molecule has 1 heterocycles. The van der Waals surface area contributed by atoms with Gasteiger partial charge in [-0.15, -0.1) is 0 Å². The molecule has 4 rings (SSSR count). The molecule has 1 aliphatic heterocycles. The summed E-state index contributed by atoms with van der Waals surface area (Å²) in [5.41, 5.74) is 5.42. The van der Waals surface area contributed by atoms with Crippen LogP contribution in [0.5, 0.6) is 0 Å². The Bertz CT molecular complexity index is 968. The number of amides is 1. The van der Waals surface area contributed by atoms with E-state index in [0.717, 1.165) is 40.7 Å². The van der Waals surface area contributed by atoms with Gasteiger partial charge in [0.15, 0.2) is 0 Å². The molecule has 2 aromatic carbocycles. The molecular formula is C24H25N3O. The lowest BCUT2D eigenvalue weighted by Crippen LogP contribution is -2.36. The molecule has 4 nitrogen and oxygen atoms in total. The molecule has 0 spiro atoms. The number of hydrogen-bond acceptors (Lipinski definition) is 3. The van der Waals surface area contributed by atoms with E-state index in [2.05, 4.69) is 0 Å². The maximum absolute atomic E-state index is 12.2. The molecule has 2 N–H and O–H groups in total. The molecule has 0 atom stereocenters. The van der Waals surface area contributed by atoms with E-state index in [1.807, 2.05) is 66.4 Å². The molecule has 1 fully saturated rings. The highest BCUT2D eigenvalue weighted by atomic mass is 16.2. The summed E-state index contributed by atoms with van der Waals surface area (Å²) < 4.78 is 0. The van der Waals surface area contributed by atoms with Crippen LogP contribution in [0.15, 0.2) is 60.2 Å². The Morgan fingerprint density at radius 1 is 0.964 bits per heavy atom. The number of hydrogen-bond donors (Lipinski definition) is 2. The summed E-state index contributed by atoms with van der Waals surface area (Å²) >= 11 is 0. The molecule has 1 amide bonds. The predicted octanol–water partition coefficient (Wildman–Crippen LogP) is 4.35. The van der Waals surface area contributed by atoms with Gasteiger partial charge in [0.1, 0.15) is 0 Å². The number of rotatable bonds is 5. The third-order valence-corrected chi connectivity index (χ3v) is 5.57. The zero-order chi connectivity index (χ0) is 19.7. The van der Waals surface area contributed by atoms with Gasteiger partial charge in [0, 0.05) is 35.7 Å². The summed E-state index contributed by atoms with van der Waals surface area (Å²) in [4.78, 5) is 14.2. The average Bonchev–Trinajstić information content (AvgIpc) is 3.58. The molecule has 0 bridgehead atoms. The van der Waals surface area contributed by atoms with E-state index in [0.29, 0.717) is 30.9 Å². The van der Waals surface area contributed by atoms with E-state index in [9.17, 15) is 4.79 Å². The van der Waals surface area contributed by atoms with E-state index in [4.69, 9.17) is 10.8 Å². The van der Waals surface area contributed by atoms with E-state index >= 15 is 0 Å². The first kappa shape index (κ1) is 18.4. The van der Waals surface area contributed by atoms with Crippen LogP contribution in [-0.4, -0.2) is 35.3 Å². The van der Waals surface area contributed by atoms with Crippen LogP contribution in [0, 0.1) is 23.7 Å². The van der Waals surface area contributed by atoms with Crippen molar-refractivity contribution in [2.45, 2.75) is 26.2 Å². The number of benzene rings is 2. The molecule has 28 heavy (non-hydrogen) atoms. The normalized spacial score (nSPS) is 16.5. The van der Waals surface area contributed by atoms with Gasteiger partial charge < -0.3 is 4.90 Å². The SMILES string of the molecule is Cc1ccc(C(=N)c2ccccc2C(=N)C2=CCN(C(=O)C3CC3)CC2)cc1. The third kappa shape index (κ3) is 3.68. The highest BCUT2D eigenvalue weighted by Crippen LogP contribution is 2.32. The van der Waals surface area contributed by atoms with Crippen molar-refractivity contribution < 1.29 is 4.79 Å². The van der Waals surface area contributed by atoms with Crippen LogP contribution < -0.4 is 0 Å². The number of nitrogens with zero attached hydrogens (tertiary/aromatic N) is 1. The molecule has 1 saturated carbocycles. The van der Waals surface area contributed by atoms with Gasteiger partial charge in [0.25, 0.3) is 0 Å². The van der Waals surface area contributed by atoms with Gasteiger partial charge in [-0.3, -0.25) is 15.6 Å². The minimum Gasteiger partial charge on any atom is -0.338 e. The molecule has 0 aromatic heterocycles. The van der Waals surface area contributed by atoms with Gasteiger partial charge in [-0.1, -0.05) is 60.2 Å². The lowest BCUT2D eigenvalue weighted by atomic mass is 9.90. The summed E-state index contributed by atoms with van der Waals surface area (Å²) in [6, 6.07) is 15.6. The van der Waals surface area contributed by atoms with Crippen LogP contribution in [0.4, 0.5) is 0 Å². The van der Waals surface area contributed by atoms with Gasteiger partial charge in [-0.2, -0.15) is 0 Å². The first-order valence-corrected chi connectivity index (χ1v) is 9.86. The van der Waals surface area contributed by atoms with Crippen molar-refractivity contribution in [2.75, 3.05) is 13.1 Å². The van der Waals surface area contributed by atoms with E-state index < -0.39 is 0 Å². The fraction of sp³-hybridized carbons (Fsp3) is 0.292. The van der Waals surface area contributed by atoms with E-state index in [1.54, 1.807) is 0 Å². The Balaban J connectivity index is 1.56. The van der Waals surface area contributed by atoms with Crippen molar-refractivity contribution in [1.29, 1.82) is 10.8 Å². The Hall–Kier alpha value is -3.01. The van der Waals surface area contributed by atoms with Crippen LogP contribution >= 0.6 is 0 Å². The average molecular weight is 371 g/mol. The Morgan fingerprint density at radius 2 is 1.61 bits per heavy atom. The highest BCUT2D eigenvalue weighted by molar-refractivity contribution is 6.21. The van der Waals surface area contributed by atoms with Crippen LogP contribution in [0.25, 0.3) is 0 Å². The van der Waals surface area contributed by atoms with Crippen molar-refractivity contribution in [3.05, 3.63) is 82.4 Å². The molecule has 0 radical (unpaired) electrons. The molecule has 0 unspecified atom stereocenters. The standard InChI is InChI=1S/C24H25N3O/c1-16-6-8-17(9-7-16)22(25)20-4-2-3-5-21(20)23(26)18-12-14-27(15-13-18)24(28)19-10-11-19/h2-9,12,19,25-26H,10-11,13-15H2,1H3. The van der Waals surface area contributed by atoms with Crippen LogP contribution in [0.3, 0.4) is 0 Å². The second-order valence-electron chi connectivity index (χ2n) is 7.70. The zero-order valence-corrected chi connectivity index (χ0v) is 16.2. The van der Waals surface area contributed by atoms with E-state index in [-0.39, 0.29) is 11.8 Å². The van der Waals surface area contributed by atoms with Crippen molar-refractivity contribution in [3.8, 4) is 0 Å². The lowest BCUT2D eigenvalue weighted by Gasteiger charge is -2.27. The van der Waals surface area contributed by atoms with Crippen LogP contribution in [0.2, 0.25) is 0 Å². The molecule has 4 heteroatoms. The molecule has 1 aliphatic carbocycles. The molecule has 2 aromatic rings. The van der Waals surface area contributed by atoms with Crippen molar-refractivity contribution >= 4 is 17.3 Å². The third-order valence-electron chi connectivity index (χ3n) is 5.57. The monoisotopic (exact) mass is 371 g/mol. The number of nitrogens with one attached hydrogen (secondary N) is 2. The smallest absolute Gasteiger partial charge is 0.225 e. The van der Waals surface area contributed by atoms with Crippen molar-refractivity contribution in [3.63, 3.8) is 0 Å². The van der Waals surface area contributed by atoms with Crippen LogP contribution in [-0.2, 0) is 4.79 Å². The van der Waals surface area contributed by atoms with Crippen LogP contribution in [0.1, 0.15) is 41.5 Å². The Kier molecular flexibility index (Phi) is 4.95. The second kappa shape index (κ2) is 7.55. The summed E-state index contributed by atoms with van der Waals surface area (Å²) in [5.74, 6) is 0.508. The Morgan fingerprint density at radius 3 is 2.18 bits per heavy atom. The second-order valence-corrected chi connectivity index (χ2v) is 7.70. The summed E-state index contributed by atoms with van der Waals surface area (Å²) in [7, 11) is 0. The molecule has 0 saturated heterocycles. The fourth-order valence-corrected chi connectivity index (χ4v) is 3.65. The minimum absolute atomic E-state index is 0.241. The predicted molar refractivity (Wildman–Crippen MR) is 112 cm³/mol.